The first-order valence-corrected chi connectivity index (χ1v) is 3.56. The van der Waals surface area contributed by atoms with Crippen molar-refractivity contribution in [3.63, 3.8) is 0 Å². The molecule has 5 heteroatoms. The van der Waals surface area contributed by atoms with Crippen molar-refractivity contribution >= 4 is 0 Å². The van der Waals surface area contributed by atoms with E-state index in [-0.39, 0.29) is 6.54 Å². The monoisotopic (exact) mass is 182 g/mol. The molecule has 0 aliphatic carbocycles. The molecule has 0 spiro atoms. The zero-order valence-electron chi connectivity index (χ0n) is 6.93. The summed E-state index contributed by atoms with van der Waals surface area (Å²) in [7, 11) is 1.41. The molecule has 0 aromatic heterocycles. The van der Waals surface area contributed by atoms with Crippen molar-refractivity contribution in [1.29, 1.82) is 0 Å². The van der Waals surface area contributed by atoms with E-state index in [1.807, 2.05) is 0 Å². The Morgan fingerprint density at radius 2 is 1.92 bits per heavy atom. The lowest BCUT2D eigenvalue weighted by Gasteiger charge is -2.16. The Hall–Kier alpha value is -0.550. The molecule has 0 unspecified atom stereocenters. The highest BCUT2D eigenvalue weighted by Gasteiger charge is 2.28. The molecule has 0 aromatic carbocycles. The Labute approximate surface area is 69.8 Å². The van der Waals surface area contributed by atoms with Gasteiger partial charge in [-0.1, -0.05) is 12.2 Å². The van der Waals surface area contributed by atoms with Gasteiger partial charge in [0, 0.05) is 13.1 Å². The minimum absolute atomic E-state index is 0.275. The number of nitrogens with two attached hydrogens (primary N) is 1. The van der Waals surface area contributed by atoms with Crippen LogP contribution < -0.4 is 5.73 Å². The number of nitrogens with zero attached hydrogens (tertiary/aromatic N) is 1. The van der Waals surface area contributed by atoms with Gasteiger partial charge in [-0.05, 0) is 7.05 Å². The molecule has 0 saturated heterocycles. The van der Waals surface area contributed by atoms with Crippen LogP contribution in [0.15, 0.2) is 12.2 Å². The van der Waals surface area contributed by atoms with Gasteiger partial charge in [-0.2, -0.15) is 13.2 Å². The van der Waals surface area contributed by atoms with Crippen molar-refractivity contribution in [3.8, 4) is 0 Å². The van der Waals surface area contributed by atoms with E-state index in [2.05, 4.69) is 0 Å². The number of rotatable bonds is 4. The lowest BCUT2D eigenvalue weighted by atomic mass is 10.4. The third-order valence-corrected chi connectivity index (χ3v) is 1.17. The highest BCUT2D eigenvalue weighted by molar-refractivity contribution is 4.85. The van der Waals surface area contributed by atoms with Gasteiger partial charge in [0.1, 0.15) is 0 Å². The molecule has 0 aliphatic rings. The molecule has 0 radical (unpaired) electrons. The van der Waals surface area contributed by atoms with E-state index in [4.69, 9.17) is 5.73 Å². The normalized spacial score (nSPS) is 13.2. The van der Waals surface area contributed by atoms with Gasteiger partial charge in [0.25, 0.3) is 0 Å². The van der Waals surface area contributed by atoms with Crippen LogP contribution in [-0.4, -0.2) is 37.8 Å². The van der Waals surface area contributed by atoms with Gasteiger partial charge >= 0.3 is 6.18 Å². The molecule has 0 amide bonds. The summed E-state index contributed by atoms with van der Waals surface area (Å²) in [4.78, 5) is 1.17. The fraction of sp³-hybridized carbons (Fsp3) is 0.714. The largest absolute Gasteiger partial charge is 0.401 e. The Balaban J connectivity index is 3.60. The summed E-state index contributed by atoms with van der Waals surface area (Å²) < 4.78 is 35.2. The number of hydrogen-bond donors (Lipinski definition) is 1. The van der Waals surface area contributed by atoms with Crippen LogP contribution in [0, 0.1) is 0 Å². The van der Waals surface area contributed by atoms with Gasteiger partial charge in [-0.15, -0.1) is 0 Å². The van der Waals surface area contributed by atoms with Crippen LogP contribution in [0.25, 0.3) is 0 Å². The van der Waals surface area contributed by atoms with Crippen LogP contribution in [-0.2, 0) is 0 Å². The first kappa shape index (κ1) is 11.4. The van der Waals surface area contributed by atoms with E-state index in [1.54, 1.807) is 12.2 Å². The van der Waals surface area contributed by atoms with Crippen molar-refractivity contribution < 1.29 is 13.2 Å². The summed E-state index contributed by atoms with van der Waals surface area (Å²) in [5.74, 6) is 0. The molecule has 0 bridgehead atoms. The molecule has 0 atom stereocenters. The Bertz CT molecular complexity index is 142. The van der Waals surface area contributed by atoms with Gasteiger partial charge in [-0.25, -0.2) is 0 Å². The van der Waals surface area contributed by atoms with Crippen LogP contribution in [0.4, 0.5) is 13.2 Å². The average Bonchev–Trinajstić information content (AvgIpc) is 1.84. The summed E-state index contributed by atoms with van der Waals surface area (Å²) in [6, 6.07) is 0. The summed E-state index contributed by atoms with van der Waals surface area (Å²) >= 11 is 0. The van der Waals surface area contributed by atoms with Crippen molar-refractivity contribution in [1.82, 2.24) is 4.90 Å². The summed E-state index contributed by atoms with van der Waals surface area (Å²) in [6.45, 7) is -0.252. The first-order valence-electron chi connectivity index (χ1n) is 3.56. The van der Waals surface area contributed by atoms with Gasteiger partial charge in [0.15, 0.2) is 0 Å². The fourth-order valence-corrected chi connectivity index (χ4v) is 0.721. The number of hydrogen-bond acceptors (Lipinski definition) is 2. The van der Waals surface area contributed by atoms with Crippen LogP contribution >= 0.6 is 0 Å². The van der Waals surface area contributed by atoms with Crippen molar-refractivity contribution in [2.75, 3.05) is 26.7 Å². The van der Waals surface area contributed by atoms with E-state index in [1.165, 1.54) is 11.9 Å². The smallest absolute Gasteiger partial charge is 0.327 e. The topological polar surface area (TPSA) is 29.3 Å². The third kappa shape index (κ3) is 7.56. The summed E-state index contributed by atoms with van der Waals surface area (Å²) in [5.41, 5.74) is 5.11. The van der Waals surface area contributed by atoms with Crippen LogP contribution in [0.3, 0.4) is 0 Å². The second kappa shape index (κ2) is 5.16. The number of halogens is 3. The minimum Gasteiger partial charge on any atom is -0.327 e. The van der Waals surface area contributed by atoms with E-state index in [0.717, 1.165) is 0 Å². The molecule has 0 fully saturated rings. The third-order valence-electron chi connectivity index (χ3n) is 1.17. The zero-order chi connectivity index (χ0) is 9.61. The molecule has 0 saturated carbocycles. The van der Waals surface area contributed by atoms with Crippen LogP contribution in [0.1, 0.15) is 0 Å². The number of alkyl halides is 3. The Kier molecular flexibility index (Phi) is 4.92. The molecule has 0 heterocycles. The second-order valence-corrected chi connectivity index (χ2v) is 2.52. The molecular weight excluding hydrogens is 169 g/mol. The SMILES string of the molecule is CN(CC=CCN)CC(F)(F)F. The molecule has 12 heavy (non-hydrogen) atoms. The van der Waals surface area contributed by atoms with Gasteiger partial charge in [0.05, 0.1) is 6.54 Å². The summed E-state index contributed by atoms with van der Waals surface area (Å²) in [5, 5.41) is 0. The number of likely N-dealkylation sites (N-methyl/N-ethyl adjacent to an activating group) is 1. The lowest BCUT2D eigenvalue weighted by molar-refractivity contribution is -0.141. The average molecular weight is 182 g/mol. The first-order chi connectivity index (χ1) is 5.45. The van der Waals surface area contributed by atoms with Crippen molar-refractivity contribution in [3.05, 3.63) is 12.2 Å². The van der Waals surface area contributed by atoms with Crippen molar-refractivity contribution in [2.45, 2.75) is 6.18 Å². The molecule has 2 N–H and O–H groups in total. The maximum absolute atomic E-state index is 11.7. The van der Waals surface area contributed by atoms with Crippen LogP contribution in [0.5, 0.6) is 0 Å². The predicted octanol–water partition coefficient (Wildman–Crippen LogP) is 0.995. The molecular formula is C7H13F3N2. The Morgan fingerprint density at radius 3 is 2.33 bits per heavy atom. The maximum Gasteiger partial charge on any atom is 0.401 e. The fourth-order valence-electron chi connectivity index (χ4n) is 0.721. The molecule has 0 aromatic rings. The van der Waals surface area contributed by atoms with E-state index in [9.17, 15) is 13.2 Å². The minimum atomic E-state index is -4.12. The summed E-state index contributed by atoms with van der Waals surface area (Å²) in [6.07, 6.45) is -0.871. The molecule has 72 valence electrons. The van der Waals surface area contributed by atoms with E-state index >= 15 is 0 Å². The molecule has 0 aliphatic heterocycles. The molecule has 2 nitrogen and oxygen atoms in total. The quantitative estimate of drug-likeness (QED) is 0.657. The zero-order valence-corrected chi connectivity index (χ0v) is 6.93. The highest BCUT2D eigenvalue weighted by atomic mass is 19.4. The van der Waals surface area contributed by atoms with E-state index < -0.39 is 12.7 Å². The van der Waals surface area contributed by atoms with Gasteiger partial charge < -0.3 is 5.73 Å². The maximum atomic E-state index is 11.7. The van der Waals surface area contributed by atoms with Gasteiger partial charge in [0.2, 0.25) is 0 Å². The van der Waals surface area contributed by atoms with Crippen LogP contribution in [0.2, 0.25) is 0 Å². The highest BCUT2D eigenvalue weighted by Crippen LogP contribution is 2.15. The Morgan fingerprint density at radius 1 is 1.33 bits per heavy atom. The molecule has 0 rings (SSSR count). The standard InChI is InChI=1S/C7H13F3N2/c1-12(5-3-2-4-11)6-7(8,9)10/h2-3H,4-6,11H2,1H3. The predicted molar refractivity (Wildman–Crippen MR) is 41.7 cm³/mol. The lowest BCUT2D eigenvalue weighted by Crippen LogP contribution is -2.31. The van der Waals surface area contributed by atoms with Crippen molar-refractivity contribution in [2.24, 2.45) is 5.73 Å². The van der Waals surface area contributed by atoms with Gasteiger partial charge in [-0.3, -0.25) is 4.90 Å². The second-order valence-electron chi connectivity index (χ2n) is 2.52. The van der Waals surface area contributed by atoms with E-state index in [0.29, 0.717) is 6.54 Å².